The van der Waals surface area contributed by atoms with Crippen LogP contribution in [0.3, 0.4) is 0 Å². The summed E-state index contributed by atoms with van der Waals surface area (Å²) in [5.41, 5.74) is 0. The molecule has 0 bridgehead atoms. The number of hydrogen-bond acceptors (Lipinski definition) is 5. The second-order valence-electron chi connectivity index (χ2n) is 4.05. The molecule has 3 heterocycles. The van der Waals surface area contributed by atoms with E-state index in [9.17, 15) is 0 Å². The normalized spacial score (nSPS) is 19.9. The zero-order valence-corrected chi connectivity index (χ0v) is 10.7. The second-order valence-corrected chi connectivity index (χ2v) is 5.58. The monoisotopic (exact) mass is 269 g/mol. The predicted octanol–water partition coefficient (Wildman–Crippen LogP) is 1.94. The summed E-state index contributed by atoms with van der Waals surface area (Å²) in [7, 11) is 0. The highest BCUT2D eigenvalue weighted by molar-refractivity contribution is 7.99. The van der Waals surface area contributed by atoms with Crippen molar-refractivity contribution in [3.05, 3.63) is 17.5 Å². The van der Waals surface area contributed by atoms with Crippen LogP contribution in [0.25, 0.3) is 5.78 Å². The van der Waals surface area contributed by atoms with E-state index in [1.165, 1.54) is 24.3 Å². The summed E-state index contributed by atoms with van der Waals surface area (Å²) in [4.78, 5) is 8.12. The molecule has 0 spiro atoms. The first-order chi connectivity index (χ1) is 8.33. The lowest BCUT2D eigenvalue weighted by molar-refractivity contribution is 0.628. The van der Waals surface area contributed by atoms with Crippen molar-refractivity contribution >= 4 is 35.0 Å². The van der Waals surface area contributed by atoms with E-state index in [4.69, 9.17) is 11.6 Å². The Bertz CT molecular complexity index is 522. The quantitative estimate of drug-likeness (QED) is 0.863. The Hall–Kier alpha value is -1.01. The summed E-state index contributed by atoms with van der Waals surface area (Å²) < 4.78 is 1.67. The minimum Gasteiger partial charge on any atom is -0.370 e. The van der Waals surface area contributed by atoms with Crippen molar-refractivity contribution in [3.63, 3.8) is 0 Å². The van der Waals surface area contributed by atoms with Gasteiger partial charge in [0.1, 0.15) is 17.3 Å². The molecule has 2 aromatic heterocycles. The topological polar surface area (TPSA) is 55.1 Å². The van der Waals surface area contributed by atoms with Crippen LogP contribution in [0.4, 0.5) is 5.82 Å². The fourth-order valence-electron chi connectivity index (χ4n) is 1.90. The summed E-state index contributed by atoms with van der Waals surface area (Å²) in [6, 6.07) is 1.78. The first kappa shape index (κ1) is 11.1. The Balaban J connectivity index is 1.81. The summed E-state index contributed by atoms with van der Waals surface area (Å²) in [6.45, 7) is 0.947. The molecule has 0 aliphatic carbocycles. The van der Waals surface area contributed by atoms with Gasteiger partial charge in [0, 0.05) is 12.6 Å². The first-order valence-electron chi connectivity index (χ1n) is 5.51. The van der Waals surface area contributed by atoms with Gasteiger partial charge in [-0.05, 0) is 23.8 Å². The van der Waals surface area contributed by atoms with Gasteiger partial charge in [0.25, 0.3) is 5.78 Å². The molecule has 1 saturated heterocycles. The molecule has 7 heteroatoms. The second kappa shape index (κ2) is 4.70. The number of thioether (sulfide) groups is 1. The molecule has 0 aromatic carbocycles. The van der Waals surface area contributed by atoms with Crippen LogP contribution in [0.2, 0.25) is 5.15 Å². The lowest BCUT2D eigenvalue weighted by Gasteiger charge is -2.11. The maximum absolute atomic E-state index is 5.94. The van der Waals surface area contributed by atoms with Crippen molar-refractivity contribution in [3.8, 4) is 0 Å². The van der Waals surface area contributed by atoms with Crippen molar-refractivity contribution in [2.24, 2.45) is 5.92 Å². The first-order valence-corrected chi connectivity index (χ1v) is 7.04. The lowest BCUT2D eigenvalue weighted by atomic mass is 10.1. The van der Waals surface area contributed by atoms with Crippen molar-refractivity contribution in [2.75, 3.05) is 23.4 Å². The van der Waals surface area contributed by atoms with Crippen LogP contribution in [-0.2, 0) is 0 Å². The average Bonchev–Trinajstić information content (AvgIpc) is 2.95. The van der Waals surface area contributed by atoms with Crippen LogP contribution < -0.4 is 5.32 Å². The predicted molar refractivity (Wildman–Crippen MR) is 69.7 cm³/mol. The summed E-state index contributed by atoms with van der Waals surface area (Å²) >= 11 is 7.95. The number of aromatic nitrogens is 4. The molecule has 17 heavy (non-hydrogen) atoms. The summed E-state index contributed by atoms with van der Waals surface area (Å²) in [5, 5.41) is 7.94. The standard InChI is InChI=1S/C10H12ClN5S/c11-8-3-9(12-4-7-1-2-17-5-7)16-10(15-8)13-6-14-16/h3,6-7,12H,1-2,4-5H2. The Morgan fingerprint density at radius 2 is 2.53 bits per heavy atom. The minimum absolute atomic E-state index is 0.439. The third kappa shape index (κ3) is 2.32. The van der Waals surface area contributed by atoms with Gasteiger partial charge in [0.15, 0.2) is 0 Å². The van der Waals surface area contributed by atoms with E-state index >= 15 is 0 Å². The number of rotatable bonds is 3. The largest absolute Gasteiger partial charge is 0.370 e. The molecule has 1 aliphatic heterocycles. The SMILES string of the molecule is Clc1cc(NCC2CCSC2)n2ncnc2n1. The molecule has 2 aromatic rings. The van der Waals surface area contributed by atoms with E-state index in [1.807, 2.05) is 11.8 Å². The lowest BCUT2D eigenvalue weighted by Crippen LogP contribution is -2.15. The number of fused-ring (bicyclic) bond motifs is 1. The molecule has 3 rings (SSSR count). The average molecular weight is 270 g/mol. The van der Waals surface area contributed by atoms with Crippen molar-refractivity contribution in [1.82, 2.24) is 19.6 Å². The number of hydrogen-bond donors (Lipinski definition) is 1. The van der Waals surface area contributed by atoms with E-state index in [0.717, 1.165) is 18.3 Å². The smallest absolute Gasteiger partial charge is 0.255 e. The Morgan fingerprint density at radius 1 is 1.59 bits per heavy atom. The van der Waals surface area contributed by atoms with E-state index in [-0.39, 0.29) is 0 Å². The number of anilines is 1. The van der Waals surface area contributed by atoms with Gasteiger partial charge >= 0.3 is 0 Å². The molecule has 1 aliphatic rings. The Morgan fingerprint density at radius 3 is 3.35 bits per heavy atom. The molecule has 0 amide bonds. The number of nitrogens with zero attached hydrogens (tertiary/aromatic N) is 4. The highest BCUT2D eigenvalue weighted by Crippen LogP contribution is 2.24. The molecule has 0 saturated carbocycles. The maximum atomic E-state index is 5.94. The van der Waals surface area contributed by atoms with Crippen LogP contribution in [0, 0.1) is 5.92 Å². The molecular formula is C10H12ClN5S. The molecular weight excluding hydrogens is 258 g/mol. The van der Waals surface area contributed by atoms with Crippen LogP contribution in [0.1, 0.15) is 6.42 Å². The van der Waals surface area contributed by atoms with Crippen molar-refractivity contribution in [1.29, 1.82) is 0 Å². The highest BCUT2D eigenvalue weighted by Gasteiger charge is 2.16. The molecule has 1 N–H and O–H groups in total. The van der Waals surface area contributed by atoms with E-state index < -0.39 is 0 Å². The van der Waals surface area contributed by atoms with Gasteiger partial charge < -0.3 is 5.32 Å². The molecule has 0 radical (unpaired) electrons. The number of halogens is 1. The van der Waals surface area contributed by atoms with E-state index in [2.05, 4.69) is 20.4 Å². The molecule has 90 valence electrons. The van der Waals surface area contributed by atoms with Gasteiger partial charge in [-0.25, -0.2) is 0 Å². The number of nitrogens with one attached hydrogen (secondary N) is 1. The highest BCUT2D eigenvalue weighted by atomic mass is 35.5. The summed E-state index contributed by atoms with van der Waals surface area (Å²) in [6.07, 6.45) is 2.76. The molecule has 1 unspecified atom stereocenters. The third-order valence-corrected chi connectivity index (χ3v) is 4.24. The van der Waals surface area contributed by atoms with Crippen LogP contribution in [-0.4, -0.2) is 37.6 Å². The zero-order chi connectivity index (χ0) is 11.7. The fourth-order valence-corrected chi connectivity index (χ4v) is 3.37. The summed E-state index contributed by atoms with van der Waals surface area (Å²) in [5.74, 6) is 4.61. The van der Waals surface area contributed by atoms with Gasteiger partial charge in [0.2, 0.25) is 0 Å². The fraction of sp³-hybridized carbons (Fsp3) is 0.500. The zero-order valence-electron chi connectivity index (χ0n) is 9.14. The van der Waals surface area contributed by atoms with Gasteiger partial charge in [-0.15, -0.1) is 0 Å². The third-order valence-electron chi connectivity index (χ3n) is 2.82. The minimum atomic E-state index is 0.439. The Kier molecular flexibility index (Phi) is 3.07. The molecule has 5 nitrogen and oxygen atoms in total. The van der Waals surface area contributed by atoms with Crippen LogP contribution in [0.5, 0.6) is 0 Å². The van der Waals surface area contributed by atoms with Crippen molar-refractivity contribution < 1.29 is 0 Å². The van der Waals surface area contributed by atoms with Gasteiger partial charge in [-0.2, -0.15) is 31.3 Å². The Labute approximate surface area is 108 Å². The van der Waals surface area contributed by atoms with E-state index in [1.54, 1.807) is 10.6 Å². The van der Waals surface area contributed by atoms with Crippen LogP contribution >= 0.6 is 23.4 Å². The molecule has 1 fully saturated rings. The van der Waals surface area contributed by atoms with Gasteiger partial charge in [-0.3, -0.25) is 0 Å². The van der Waals surface area contributed by atoms with Gasteiger partial charge in [-0.1, -0.05) is 11.6 Å². The maximum Gasteiger partial charge on any atom is 0.255 e. The van der Waals surface area contributed by atoms with Crippen LogP contribution in [0.15, 0.2) is 12.4 Å². The van der Waals surface area contributed by atoms with E-state index in [0.29, 0.717) is 10.9 Å². The molecule has 1 atom stereocenters. The van der Waals surface area contributed by atoms with Crippen molar-refractivity contribution in [2.45, 2.75) is 6.42 Å². The van der Waals surface area contributed by atoms with Gasteiger partial charge in [0.05, 0.1) is 0 Å².